The fourth-order valence-electron chi connectivity index (χ4n) is 4.01. The number of hydrogen-bond donors (Lipinski definition) is 2. The van der Waals surface area contributed by atoms with Gasteiger partial charge in [-0.2, -0.15) is 0 Å². The zero-order valence-corrected chi connectivity index (χ0v) is 15.8. The van der Waals surface area contributed by atoms with E-state index in [-0.39, 0.29) is 22.4 Å². The molecule has 1 aliphatic heterocycles. The molecule has 0 atom stereocenters. The molecule has 142 valence electrons. The summed E-state index contributed by atoms with van der Waals surface area (Å²) in [5.74, 6) is -0.0364. The number of hydrogen-bond acceptors (Lipinski definition) is 5. The van der Waals surface area contributed by atoms with Crippen LogP contribution in [0.1, 0.15) is 28.6 Å². The van der Waals surface area contributed by atoms with Gasteiger partial charge in [-0.1, -0.05) is 11.3 Å². The van der Waals surface area contributed by atoms with Crippen LogP contribution < -0.4 is 5.43 Å². The van der Waals surface area contributed by atoms with Gasteiger partial charge in [0.15, 0.2) is 10.5 Å². The molecule has 0 unspecified atom stereocenters. The SMILES string of the molecule is O=C(c1ccc(O)s1)N1CCC(n2ccc(=O)c3cnc4[nH]ccc4c32)CC1. The second-order valence-corrected chi connectivity index (χ2v) is 8.07. The number of aromatic amines is 1. The third-order valence-corrected chi connectivity index (χ3v) is 6.29. The van der Waals surface area contributed by atoms with E-state index in [4.69, 9.17) is 0 Å². The molecule has 0 bridgehead atoms. The molecule has 4 aromatic rings. The van der Waals surface area contributed by atoms with Crippen LogP contribution >= 0.6 is 11.3 Å². The van der Waals surface area contributed by atoms with Gasteiger partial charge in [-0.15, -0.1) is 0 Å². The summed E-state index contributed by atoms with van der Waals surface area (Å²) >= 11 is 1.11. The van der Waals surface area contributed by atoms with Crippen LogP contribution in [0.2, 0.25) is 0 Å². The molecule has 0 aliphatic carbocycles. The molecule has 4 aromatic heterocycles. The van der Waals surface area contributed by atoms with Crippen molar-refractivity contribution in [1.82, 2.24) is 19.4 Å². The average Bonchev–Trinajstić information content (AvgIpc) is 3.37. The van der Waals surface area contributed by atoms with Crippen molar-refractivity contribution in [2.75, 3.05) is 13.1 Å². The summed E-state index contributed by atoms with van der Waals surface area (Å²) in [6.45, 7) is 1.27. The first-order valence-corrected chi connectivity index (χ1v) is 9.98. The number of rotatable bonds is 2. The standard InChI is InChI=1S/C20H18N4O3S/c25-15-6-10-24(18-13-3-7-21-19(13)22-11-14(15)18)12-4-8-23(9-5-12)20(27)16-1-2-17(26)28-16/h1-3,6-7,10-12,26H,4-5,8-9H2,(H,21,22). The summed E-state index contributed by atoms with van der Waals surface area (Å²) in [6, 6.07) is 6.95. The third kappa shape index (κ3) is 2.68. The molecule has 0 radical (unpaired) electrons. The largest absolute Gasteiger partial charge is 0.499 e. The zero-order chi connectivity index (χ0) is 19.3. The minimum atomic E-state index is -0.0364. The van der Waals surface area contributed by atoms with Crippen molar-refractivity contribution in [3.05, 3.63) is 58.0 Å². The summed E-state index contributed by atoms with van der Waals surface area (Å²) in [5, 5.41) is 11.2. The van der Waals surface area contributed by atoms with Crippen LogP contribution in [0.15, 0.2) is 47.7 Å². The first-order chi connectivity index (χ1) is 13.6. The van der Waals surface area contributed by atoms with E-state index in [9.17, 15) is 14.7 Å². The average molecular weight is 394 g/mol. The number of H-pyrrole nitrogens is 1. The van der Waals surface area contributed by atoms with E-state index in [1.54, 1.807) is 24.4 Å². The molecule has 5 heterocycles. The highest BCUT2D eigenvalue weighted by Crippen LogP contribution is 2.30. The topological polar surface area (TPSA) is 91.2 Å². The molecule has 5 rings (SSSR count). The van der Waals surface area contributed by atoms with E-state index < -0.39 is 0 Å². The smallest absolute Gasteiger partial charge is 0.264 e. The number of fused-ring (bicyclic) bond motifs is 3. The lowest BCUT2D eigenvalue weighted by atomic mass is 10.0. The Morgan fingerprint density at radius 3 is 2.75 bits per heavy atom. The van der Waals surface area contributed by atoms with E-state index in [2.05, 4.69) is 14.5 Å². The predicted octanol–water partition coefficient (Wildman–Crippen LogP) is 3.12. The van der Waals surface area contributed by atoms with Crippen LogP contribution in [-0.2, 0) is 0 Å². The summed E-state index contributed by atoms with van der Waals surface area (Å²) < 4.78 is 2.16. The molecule has 2 N–H and O–H groups in total. The highest BCUT2D eigenvalue weighted by Gasteiger charge is 2.26. The number of aromatic nitrogens is 3. The Bertz CT molecular complexity index is 1250. The van der Waals surface area contributed by atoms with Gasteiger partial charge in [-0.25, -0.2) is 4.98 Å². The second kappa shape index (κ2) is 6.49. The fraction of sp³-hybridized carbons (Fsp3) is 0.250. The third-order valence-electron chi connectivity index (χ3n) is 5.42. The molecule has 7 nitrogen and oxygen atoms in total. The highest BCUT2D eigenvalue weighted by molar-refractivity contribution is 7.15. The molecule has 0 saturated carbocycles. The van der Waals surface area contributed by atoms with Crippen molar-refractivity contribution >= 4 is 39.2 Å². The number of nitrogens with zero attached hydrogens (tertiary/aromatic N) is 3. The summed E-state index contributed by atoms with van der Waals surface area (Å²) in [6.07, 6.45) is 6.92. The van der Waals surface area contributed by atoms with Crippen molar-refractivity contribution in [2.24, 2.45) is 0 Å². The van der Waals surface area contributed by atoms with Crippen molar-refractivity contribution in [1.29, 1.82) is 0 Å². The summed E-state index contributed by atoms with van der Waals surface area (Å²) in [7, 11) is 0. The Labute approximate surface area is 163 Å². The molecule has 28 heavy (non-hydrogen) atoms. The van der Waals surface area contributed by atoms with Gasteiger partial charge in [0.05, 0.1) is 15.8 Å². The lowest BCUT2D eigenvalue weighted by molar-refractivity contribution is 0.0701. The Balaban J connectivity index is 1.46. The maximum absolute atomic E-state index is 12.6. The number of piperidine rings is 1. The van der Waals surface area contributed by atoms with E-state index in [1.165, 1.54) is 0 Å². The fourth-order valence-corrected chi connectivity index (χ4v) is 4.73. The molecule has 1 amide bonds. The first-order valence-electron chi connectivity index (χ1n) is 9.17. The lowest BCUT2D eigenvalue weighted by Gasteiger charge is -2.33. The number of carbonyl (C=O) groups is 1. The van der Waals surface area contributed by atoms with Crippen LogP contribution in [0.25, 0.3) is 21.9 Å². The van der Waals surface area contributed by atoms with Crippen LogP contribution in [-0.4, -0.2) is 43.5 Å². The minimum absolute atomic E-state index is 0.0352. The number of amides is 1. The molecule has 1 aliphatic rings. The Morgan fingerprint density at radius 1 is 1.18 bits per heavy atom. The van der Waals surface area contributed by atoms with Gasteiger partial charge in [0.1, 0.15) is 5.65 Å². The molecule has 8 heteroatoms. The van der Waals surface area contributed by atoms with E-state index >= 15 is 0 Å². The molecular formula is C20H18N4O3S. The van der Waals surface area contributed by atoms with Crippen molar-refractivity contribution in [3.63, 3.8) is 0 Å². The minimum Gasteiger partial charge on any atom is -0.499 e. The van der Waals surface area contributed by atoms with Gasteiger partial charge >= 0.3 is 0 Å². The maximum Gasteiger partial charge on any atom is 0.264 e. The number of likely N-dealkylation sites (tertiary alicyclic amines) is 1. The maximum atomic E-state index is 12.6. The quantitative estimate of drug-likeness (QED) is 0.546. The van der Waals surface area contributed by atoms with Gasteiger partial charge in [-0.05, 0) is 31.0 Å². The number of carbonyl (C=O) groups excluding carboxylic acids is 1. The van der Waals surface area contributed by atoms with Crippen LogP contribution in [0, 0.1) is 0 Å². The van der Waals surface area contributed by atoms with Crippen molar-refractivity contribution < 1.29 is 9.90 Å². The van der Waals surface area contributed by atoms with E-state index in [1.807, 2.05) is 23.4 Å². The van der Waals surface area contributed by atoms with Crippen LogP contribution in [0.5, 0.6) is 5.06 Å². The van der Waals surface area contributed by atoms with Crippen molar-refractivity contribution in [2.45, 2.75) is 18.9 Å². The Hall–Kier alpha value is -3.13. The highest BCUT2D eigenvalue weighted by atomic mass is 32.1. The van der Waals surface area contributed by atoms with Gasteiger partial charge in [0, 0.05) is 49.2 Å². The van der Waals surface area contributed by atoms with Crippen LogP contribution in [0.4, 0.5) is 0 Å². The molecule has 1 fully saturated rings. The molecule has 0 aromatic carbocycles. The van der Waals surface area contributed by atoms with Gasteiger partial charge < -0.3 is 19.6 Å². The Morgan fingerprint density at radius 2 is 2.00 bits per heavy atom. The normalized spacial score (nSPS) is 15.5. The summed E-state index contributed by atoms with van der Waals surface area (Å²) in [5.41, 5.74) is 1.62. The van der Waals surface area contributed by atoms with E-state index in [0.717, 1.165) is 40.7 Å². The predicted molar refractivity (Wildman–Crippen MR) is 108 cm³/mol. The molecule has 1 saturated heterocycles. The van der Waals surface area contributed by atoms with Gasteiger partial charge in [0.2, 0.25) is 0 Å². The number of nitrogens with one attached hydrogen (secondary N) is 1. The number of thiophene rings is 1. The second-order valence-electron chi connectivity index (χ2n) is 7.01. The zero-order valence-electron chi connectivity index (χ0n) is 15.0. The molecular weight excluding hydrogens is 376 g/mol. The van der Waals surface area contributed by atoms with Crippen LogP contribution in [0.3, 0.4) is 0 Å². The van der Waals surface area contributed by atoms with Crippen molar-refractivity contribution in [3.8, 4) is 5.06 Å². The monoisotopic (exact) mass is 394 g/mol. The molecule has 0 spiro atoms. The number of aromatic hydroxyl groups is 1. The summed E-state index contributed by atoms with van der Waals surface area (Å²) in [4.78, 5) is 34.8. The van der Waals surface area contributed by atoms with E-state index in [0.29, 0.717) is 23.4 Å². The Kier molecular flexibility index (Phi) is 3.94. The number of pyridine rings is 2. The van der Waals surface area contributed by atoms with Gasteiger partial charge in [0.25, 0.3) is 5.91 Å². The lowest BCUT2D eigenvalue weighted by Crippen LogP contribution is -2.38. The first kappa shape index (κ1) is 17.0. The van der Waals surface area contributed by atoms with Gasteiger partial charge in [-0.3, -0.25) is 9.59 Å².